The number of hydrogen-bond donors (Lipinski definition) is 0. The fraction of sp³-hybridized carbons (Fsp3) is 0.200. The first-order valence-corrected chi connectivity index (χ1v) is 6.93. The second-order valence-electron chi connectivity index (χ2n) is 4.31. The minimum absolute atomic E-state index is 0.127. The molecule has 0 unspecified atom stereocenters. The maximum atomic E-state index is 10.6. The molecule has 2 aromatic rings. The summed E-state index contributed by atoms with van der Waals surface area (Å²) in [7, 11) is 0. The van der Waals surface area contributed by atoms with Crippen molar-refractivity contribution in [3.63, 3.8) is 0 Å². The number of nitro benzene ring substituents is 1. The van der Waals surface area contributed by atoms with Gasteiger partial charge in [-0.3, -0.25) is 10.1 Å². The molecule has 0 atom stereocenters. The van der Waals surface area contributed by atoms with E-state index < -0.39 is 0 Å². The Labute approximate surface area is 116 Å². The van der Waals surface area contributed by atoms with Crippen LogP contribution in [0.5, 0.6) is 0 Å². The Balaban J connectivity index is 2.19. The van der Waals surface area contributed by atoms with Gasteiger partial charge in [-0.25, -0.2) is 0 Å². The molecule has 0 saturated heterocycles. The van der Waals surface area contributed by atoms with Crippen LogP contribution in [0, 0.1) is 17.0 Å². The summed E-state index contributed by atoms with van der Waals surface area (Å²) in [6, 6.07) is 13.1. The molecule has 4 heteroatoms. The standard InChI is InChI=1S/C15H15NO2S/c1-3-12-4-9-15(11(2)10-12)19-14-7-5-13(6-8-14)16(17)18/h4-10H,3H2,1-2H3. The maximum absolute atomic E-state index is 10.6. The summed E-state index contributed by atoms with van der Waals surface area (Å²) in [6.45, 7) is 4.23. The van der Waals surface area contributed by atoms with E-state index in [2.05, 4.69) is 32.0 Å². The molecule has 2 aromatic carbocycles. The monoisotopic (exact) mass is 273 g/mol. The van der Waals surface area contributed by atoms with Crippen LogP contribution < -0.4 is 0 Å². The second-order valence-corrected chi connectivity index (χ2v) is 5.42. The highest BCUT2D eigenvalue weighted by Gasteiger charge is 2.06. The molecule has 3 nitrogen and oxygen atoms in total. The number of hydrogen-bond acceptors (Lipinski definition) is 3. The van der Waals surface area contributed by atoms with Gasteiger partial charge in [0.2, 0.25) is 0 Å². The van der Waals surface area contributed by atoms with Crippen LogP contribution >= 0.6 is 11.8 Å². The normalized spacial score (nSPS) is 10.4. The highest BCUT2D eigenvalue weighted by molar-refractivity contribution is 7.99. The van der Waals surface area contributed by atoms with Gasteiger partial charge >= 0.3 is 0 Å². The fourth-order valence-electron chi connectivity index (χ4n) is 1.81. The molecule has 0 amide bonds. The third-order valence-electron chi connectivity index (χ3n) is 2.92. The van der Waals surface area contributed by atoms with Gasteiger partial charge in [0.15, 0.2) is 0 Å². The molecule has 0 bridgehead atoms. The van der Waals surface area contributed by atoms with Gasteiger partial charge in [-0.1, -0.05) is 30.8 Å². The summed E-state index contributed by atoms with van der Waals surface area (Å²) in [5.41, 5.74) is 2.69. The van der Waals surface area contributed by atoms with Crippen LogP contribution in [-0.2, 0) is 6.42 Å². The van der Waals surface area contributed by atoms with E-state index in [0.29, 0.717) is 0 Å². The van der Waals surface area contributed by atoms with Crippen molar-refractivity contribution in [1.82, 2.24) is 0 Å². The summed E-state index contributed by atoms with van der Waals surface area (Å²) >= 11 is 1.63. The molecule has 19 heavy (non-hydrogen) atoms. The zero-order valence-corrected chi connectivity index (χ0v) is 11.7. The van der Waals surface area contributed by atoms with Gasteiger partial charge < -0.3 is 0 Å². The Morgan fingerprint density at radius 3 is 2.37 bits per heavy atom. The van der Waals surface area contributed by atoms with E-state index in [0.717, 1.165) is 11.3 Å². The number of benzene rings is 2. The van der Waals surface area contributed by atoms with Crippen LogP contribution in [0.25, 0.3) is 0 Å². The zero-order chi connectivity index (χ0) is 13.8. The van der Waals surface area contributed by atoms with Gasteiger partial charge in [-0.2, -0.15) is 0 Å². The average molecular weight is 273 g/mol. The van der Waals surface area contributed by atoms with Gasteiger partial charge in [-0.15, -0.1) is 0 Å². The lowest BCUT2D eigenvalue weighted by atomic mass is 10.1. The van der Waals surface area contributed by atoms with Crippen molar-refractivity contribution in [3.05, 3.63) is 63.7 Å². The molecule has 0 aliphatic carbocycles. The van der Waals surface area contributed by atoms with Crippen molar-refractivity contribution in [3.8, 4) is 0 Å². The van der Waals surface area contributed by atoms with E-state index in [4.69, 9.17) is 0 Å². The van der Waals surface area contributed by atoms with Crippen LogP contribution in [0.15, 0.2) is 52.3 Å². The van der Waals surface area contributed by atoms with Crippen LogP contribution in [-0.4, -0.2) is 4.92 Å². The van der Waals surface area contributed by atoms with Gasteiger partial charge in [0, 0.05) is 21.9 Å². The number of nitrogens with zero attached hydrogens (tertiary/aromatic N) is 1. The Bertz CT molecular complexity index is 594. The molecule has 98 valence electrons. The van der Waals surface area contributed by atoms with Crippen LogP contribution in [0.4, 0.5) is 5.69 Å². The van der Waals surface area contributed by atoms with Crippen molar-refractivity contribution in [2.75, 3.05) is 0 Å². The summed E-state index contributed by atoms with van der Waals surface area (Å²) in [5.74, 6) is 0. The Morgan fingerprint density at radius 1 is 1.16 bits per heavy atom. The molecular formula is C15H15NO2S. The Kier molecular flexibility index (Phi) is 4.22. The summed E-state index contributed by atoms with van der Waals surface area (Å²) in [5, 5.41) is 10.6. The lowest BCUT2D eigenvalue weighted by molar-refractivity contribution is -0.384. The molecule has 0 saturated carbocycles. The average Bonchev–Trinajstić information content (AvgIpc) is 2.41. The maximum Gasteiger partial charge on any atom is 0.269 e. The summed E-state index contributed by atoms with van der Waals surface area (Å²) < 4.78 is 0. The number of non-ortho nitro benzene ring substituents is 1. The summed E-state index contributed by atoms with van der Waals surface area (Å²) in [6.07, 6.45) is 1.03. The molecule has 0 heterocycles. The molecule has 0 fully saturated rings. The van der Waals surface area contributed by atoms with Crippen LogP contribution in [0.1, 0.15) is 18.1 Å². The third kappa shape index (κ3) is 3.35. The first kappa shape index (κ1) is 13.6. The zero-order valence-electron chi connectivity index (χ0n) is 10.9. The molecular weight excluding hydrogens is 258 g/mol. The SMILES string of the molecule is CCc1ccc(Sc2ccc([N+](=O)[O-])cc2)c(C)c1. The van der Waals surface area contributed by atoms with E-state index >= 15 is 0 Å². The molecule has 0 radical (unpaired) electrons. The van der Waals surface area contributed by atoms with Crippen molar-refractivity contribution < 1.29 is 4.92 Å². The lowest BCUT2D eigenvalue weighted by Crippen LogP contribution is -1.87. The van der Waals surface area contributed by atoms with Crippen molar-refractivity contribution in [2.45, 2.75) is 30.1 Å². The second kappa shape index (κ2) is 5.89. The van der Waals surface area contributed by atoms with Gasteiger partial charge in [0.1, 0.15) is 0 Å². The van der Waals surface area contributed by atoms with E-state index in [9.17, 15) is 10.1 Å². The van der Waals surface area contributed by atoms with Crippen molar-refractivity contribution >= 4 is 17.4 Å². The number of nitro groups is 1. The quantitative estimate of drug-likeness (QED) is 0.603. The first-order valence-electron chi connectivity index (χ1n) is 6.12. The number of rotatable bonds is 4. The van der Waals surface area contributed by atoms with Gasteiger partial charge in [0.05, 0.1) is 4.92 Å². The first-order chi connectivity index (χ1) is 9.10. The van der Waals surface area contributed by atoms with E-state index in [1.165, 1.54) is 28.2 Å². The highest BCUT2D eigenvalue weighted by Crippen LogP contribution is 2.31. The molecule has 2 rings (SSSR count). The number of aryl methyl sites for hydroxylation is 2. The topological polar surface area (TPSA) is 43.1 Å². The largest absolute Gasteiger partial charge is 0.269 e. The lowest BCUT2D eigenvalue weighted by Gasteiger charge is -2.07. The molecule has 0 spiro atoms. The van der Waals surface area contributed by atoms with Gasteiger partial charge in [-0.05, 0) is 42.7 Å². The minimum atomic E-state index is -0.379. The molecule has 0 aromatic heterocycles. The molecule has 0 aliphatic rings. The molecule has 0 aliphatic heterocycles. The predicted molar refractivity (Wildman–Crippen MR) is 77.8 cm³/mol. The smallest absolute Gasteiger partial charge is 0.258 e. The van der Waals surface area contributed by atoms with E-state index in [-0.39, 0.29) is 10.6 Å². The van der Waals surface area contributed by atoms with Crippen molar-refractivity contribution in [1.29, 1.82) is 0 Å². The van der Waals surface area contributed by atoms with Crippen LogP contribution in [0.2, 0.25) is 0 Å². The Hall–Kier alpha value is -1.81. The van der Waals surface area contributed by atoms with Crippen LogP contribution in [0.3, 0.4) is 0 Å². The van der Waals surface area contributed by atoms with E-state index in [1.54, 1.807) is 23.9 Å². The third-order valence-corrected chi connectivity index (χ3v) is 4.11. The minimum Gasteiger partial charge on any atom is -0.258 e. The Morgan fingerprint density at radius 2 is 1.84 bits per heavy atom. The van der Waals surface area contributed by atoms with E-state index in [1.807, 2.05) is 0 Å². The predicted octanol–water partition coefficient (Wildman–Crippen LogP) is 4.62. The molecule has 0 N–H and O–H groups in total. The fourth-order valence-corrected chi connectivity index (χ4v) is 2.69. The summed E-state index contributed by atoms with van der Waals surface area (Å²) in [4.78, 5) is 12.4. The highest BCUT2D eigenvalue weighted by atomic mass is 32.2. The van der Waals surface area contributed by atoms with Crippen molar-refractivity contribution in [2.24, 2.45) is 0 Å². The van der Waals surface area contributed by atoms with Gasteiger partial charge in [0.25, 0.3) is 5.69 Å².